The number of benzene rings is 1. The molecule has 0 N–H and O–H groups in total. The van der Waals surface area contributed by atoms with Crippen LogP contribution in [0.3, 0.4) is 0 Å². The van der Waals surface area contributed by atoms with Gasteiger partial charge in [0.1, 0.15) is 12.1 Å². The summed E-state index contributed by atoms with van der Waals surface area (Å²) in [7, 11) is 0. The lowest BCUT2D eigenvalue weighted by atomic mass is 10.0. The van der Waals surface area contributed by atoms with Gasteiger partial charge < -0.3 is 0 Å². The first-order valence-corrected chi connectivity index (χ1v) is 6.86. The Bertz CT molecular complexity index is 526. The van der Waals surface area contributed by atoms with E-state index in [1.54, 1.807) is 18.3 Å². The maximum Gasteiger partial charge on any atom is 0.132 e. The number of aryl methyl sites for hydroxylation is 1. The lowest BCUT2D eigenvalue weighted by Gasteiger charge is -2.08. The van der Waals surface area contributed by atoms with Gasteiger partial charge in [0.05, 0.1) is 5.69 Å². The fourth-order valence-electron chi connectivity index (χ4n) is 2.18. The lowest BCUT2D eigenvalue weighted by molar-refractivity contribution is 0.629. The van der Waals surface area contributed by atoms with E-state index in [2.05, 4.69) is 16.9 Å². The second-order valence-electron chi connectivity index (χ2n) is 4.69. The first-order valence-electron chi connectivity index (χ1n) is 6.86. The van der Waals surface area contributed by atoms with Crippen molar-refractivity contribution in [3.63, 3.8) is 0 Å². The quantitative estimate of drug-likeness (QED) is 0.717. The minimum Gasteiger partial charge on any atom is -0.244 e. The Kier molecular flexibility index (Phi) is 5.01. The number of hydrogen-bond acceptors (Lipinski definition) is 2. The first kappa shape index (κ1) is 13.7. The predicted octanol–water partition coefficient (Wildman–Crippen LogP) is 4.41. The van der Waals surface area contributed by atoms with Crippen molar-refractivity contribution in [1.29, 1.82) is 0 Å². The highest BCUT2D eigenvalue weighted by atomic mass is 19.1. The fraction of sp³-hybridized carbons (Fsp3) is 0.375. The molecule has 2 nitrogen and oxygen atoms in total. The zero-order chi connectivity index (χ0) is 13.5. The molecule has 19 heavy (non-hydrogen) atoms. The molecule has 0 aliphatic rings. The van der Waals surface area contributed by atoms with Gasteiger partial charge in [0.15, 0.2) is 0 Å². The third-order valence-electron chi connectivity index (χ3n) is 3.22. The fourth-order valence-corrected chi connectivity index (χ4v) is 2.18. The molecule has 0 amide bonds. The first-order chi connectivity index (χ1) is 9.33. The van der Waals surface area contributed by atoms with Crippen molar-refractivity contribution in [2.24, 2.45) is 0 Å². The minimum absolute atomic E-state index is 0.226. The molecule has 0 atom stereocenters. The molecule has 0 aliphatic carbocycles. The summed E-state index contributed by atoms with van der Waals surface area (Å²) in [6.07, 6.45) is 8.95. The van der Waals surface area contributed by atoms with Crippen molar-refractivity contribution >= 4 is 0 Å². The third-order valence-corrected chi connectivity index (χ3v) is 3.22. The molecule has 3 heteroatoms. The molecule has 100 valence electrons. The molecule has 0 radical (unpaired) electrons. The summed E-state index contributed by atoms with van der Waals surface area (Å²) >= 11 is 0. The molecule has 0 aliphatic heterocycles. The second kappa shape index (κ2) is 6.98. The smallest absolute Gasteiger partial charge is 0.132 e. The van der Waals surface area contributed by atoms with Crippen LogP contribution in [0.2, 0.25) is 0 Å². The third kappa shape index (κ3) is 3.60. The van der Waals surface area contributed by atoms with E-state index < -0.39 is 0 Å². The van der Waals surface area contributed by atoms with Gasteiger partial charge in [-0.3, -0.25) is 0 Å². The van der Waals surface area contributed by atoms with E-state index in [0.29, 0.717) is 5.56 Å². The summed E-state index contributed by atoms with van der Waals surface area (Å²) in [6.45, 7) is 2.19. The molecular weight excluding hydrogens is 239 g/mol. The van der Waals surface area contributed by atoms with Crippen molar-refractivity contribution in [3.05, 3.63) is 48.2 Å². The van der Waals surface area contributed by atoms with Crippen LogP contribution in [0.1, 0.15) is 38.2 Å². The van der Waals surface area contributed by atoms with E-state index in [1.165, 1.54) is 31.7 Å². The molecule has 2 aromatic rings. The number of unbranched alkanes of at least 4 members (excludes halogenated alkanes) is 3. The van der Waals surface area contributed by atoms with Gasteiger partial charge in [-0.1, -0.05) is 38.3 Å². The van der Waals surface area contributed by atoms with Crippen molar-refractivity contribution in [2.45, 2.75) is 39.0 Å². The van der Waals surface area contributed by atoms with Gasteiger partial charge in [0.25, 0.3) is 0 Å². The van der Waals surface area contributed by atoms with Gasteiger partial charge in [0.2, 0.25) is 0 Å². The summed E-state index contributed by atoms with van der Waals surface area (Å²) in [5.74, 6) is -0.226. The average molecular weight is 258 g/mol. The standard InChI is InChI=1S/C16H19FN2/c1-2-3-4-5-8-13-11-18-12-19-16(13)14-9-6-7-10-15(14)17/h6-7,9-12H,2-5,8H2,1H3. The van der Waals surface area contributed by atoms with E-state index in [9.17, 15) is 4.39 Å². The minimum atomic E-state index is -0.226. The number of halogens is 1. The maximum absolute atomic E-state index is 13.8. The highest BCUT2D eigenvalue weighted by Crippen LogP contribution is 2.24. The van der Waals surface area contributed by atoms with Crippen molar-refractivity contribution in [3.8, 4) is 11.3 Å². The summed E-state index contributed by atoms with van der Waals surface area (Å²) in [4.78, 5) is 8.32. The Morgan fingerprint density at radius 2 is 1.95 bits per heavy atom. The molecule has 2 rings (SSSR count). The van der Waals surface area contributed by atoms with Gasteiger partial charge in [-0.05, 0) is 30.5 Å². The molecule has 0 fully saturated rings. The molecule has 1 heterocycles. The molecule has 0 bridgehead atoms. The zero-order valence-corrected chi connectivity index (χ0v) is 11.3. The van der Waals surface area contributed by atoms with Gasteiger partial charge in [-0.2, -0.15) is 0 Å². The van der Waals surface area contributed by atoms with E-state index in [0.717, 1.165) is 24.1 Å². The summed E-state index contributed by atoms with van der Waals surface area (Å²) < 4.78 is 13.8. The van der Waals surface area contributed by atoms with Crippen molar-refractivity contribution in [1.82, 2.24) is 9.97 Å². The Morgan fingerprint density at radius 3 is 2.74 bits per heavy atom. The van der Waals surface area contributed by atoms with Crippen LogP contribution < -0.4 is 0 Å². The Morgan fingerprint density at radius 1 is 1.11 bits per heavy atom. The molecule has 0 saturated carbocycles. The number of hydrogen-bond donors (Lipinski definition) is 0. The second-order valence-corrected chi connectivity index (χ2v) is 4.69. The normalized spacial score (nSPS) is 10.6. The molecule has 1 aromatic heterocycles. The van der Waals surface area contributed by atoms with Crippen LogP contribution in [0, 0.1) is 5.82 Å². The molecular formula is C16H19FN2. The van der Waals surface area contributed by atoms with Crippen molar-refractivity contribution < 1.29 is 4.39 Å². The Balaban J connectivity index is 2.19. The Hall–Kier alpha value is -1.77. The summed E-state index contributed by atoms with van der Waals surface area (Å²) in [5.41, 5.74) is 2.32. The molecule has 1 aromatic carbocycles. The highest BCUT2D eigenvalue weighted by Gasteiger charge is 2.10. The van der Waals surface area contributed by atoms with E-state index in [1.807, 2.05) is 6.07 Å². The number of rotatable bonds is 6. The van der Waals surface area contributed by atoms with E-state index in [4.69, 9.17) is 0 Å². The number of nitrogens with zero attached hydrogens (tertiary/aromatic N) is 2. The van der Waals surface area contributed by atoms with Crippen LogP contribution in [0.15, 0.2) is 36.8 Å². The van der Waals surface area contributed by atoms with Gasteiger partial charge in [-0.15, -0.1) is 0 Å². The molecule has 0 spiro atoms. The van der Waals surface area contributed by atoms with Gasteiger partial charge >= 0.3 is 0 Å². The SMILES string of the molecule is CCCCCCc1cncnc1-c1ccccc1F. The monoisotopic (exact) mass is 258 g/mol. The largest absolute Gasteiger partial charge is 0.244 e. The van der Waals surface area contributed by atoms with Crippen LogP contribution in [0.4, 0.5) is 4.39 Å². The van der Waals surface area contributed by atoms with E-state index >= 15 is 0 Å². The van der Waals surface area contributed by atoms with Crippen molar-refractivity contribution in [2.75, 3.05) is 0 Å². The topological polar surface area (TPSA) is 25.8 Å². The maximum atomic E-state index is 13.8. The summed E-state index contributed by atoms with van der Waals surface area (Å²) in [5, 5.41) is 0. The van der Waals surface area contributed by atoms with Crippen LogP contribution in [0.25, 0.3) is 11.3 Å². The zero-order valence-electron chi connectivity index (χ0n) is 11.3. The number of aromatic nitrogens is 2. The molecule has 0 unspecified atom stereocenters. The predicted molar refractivity (Wildman–Crippen MR) is 75.3 cm³/mol. The lowest BCUT2D eigenvalue weighted by Crippen LogP contribution is -1.97. The van der Waals surface area contributed by atoms with Crippen LogP contribution >= 0.6 is 0 Å². The summed E-state index contributed by atoms with van der Waals surface area (Å²) in [6, 6.07) is 6.77. The van der Waals surface area contributed by atoms with Gasteiger partial charge in [-0.25, -0.2) is 14.4 Å². The highest BCUT2D eigenvalue weighted by molar-refractivity contribution is 5.63. The average Bonchev–Trinajstić information content (AvgIpc) is 2.45. The van der Waals surface area contributed by atoms with E-state index in [-0.39, 0.29) is 5.82 Å². The van der Waals surface area contributed by atoms with Gasteiger partial charge in [0, 0.05) is 11.8 Å². The molecule has 0 saturated heterocycles. The Labute approximate surface area is 113 Å². The van der Waals surface area contributed by atoms with Crippen LogP contribution in [-0.4, -0.2) is 9.97 Å². The van der Waals surface area contributed by atoms with Crippen LogP contribution in [0.5, 0.6) is 0 Å². The van der Waals surface area contributed by atoms with Crippen LogP contribution in [-0.2, 0) is 6.42 Å².